The van der Waals surface area contributed by atoms with Gasteiger partial charge in [0, 0.05) is 35.8 Å². The Bertz CT molecular complexity index is 1830. The summed E-state index contributed by atoms with van der Waals surface area (Å²) < 4.78 is 18.1. The molecule has 1 unspecified atom stereocenters. The molecule has 0 spiro atoms. The monoisotopic (exact) mass is 703 g/mol. The highest BCUT2D eigenvalue weighted by Crippen LogP contribution is 2.48. The zero-order chi connectivity index (χ0) is 35.4. The molecule has 3 atom stereocenters. The standard InChI is InChI=1S/C34H45N11O4S/c1-21(2)28(31(46)47-5)45-20-26(40-42-45)48-17-7-6-14-43-15-9-16-44(22(3)19-43)33-37-13-11-24(38-33)30-39-32(49-41-30)34(4)12-8-10-25-27(34)23(18-35)29(36)50-25/h11,13,20-22,28H,6-10,12,14-17,19,36H2,1-5H3/t22-,28?,34-/m0/s1. The van der Waals surface area contributed by atoms with E-state index in [1.807, 2.05) is 13.8 Å². The first-order valence-corrected chi connectivity index (χ1v) is 18.0. The number of aromatic nitrogens is 7. The molecule has 4 aromatic heterocycles. The minimum Gasteiger partial charge on any atom is -0.475 e. The van der Waals surface area contributed by atoms with E-state index in [4.69, 9.17) is 29.7 Å². The maximum absolute atomic E-state index is 12.2. The fourth-order valence-electron chi connectivity index (χ4n) is 7.10. The van der Waals surface area contributed by atoms with Crippen LogP contribution < -0.4 is 15.4 Å². The predicted octanol–water partition coefficient (Wildman–Crippen LogP) is 4.41. The van der Waals surface area contributed by atoms with Gasteiger partial charge in [0.25, 0.3) is 5.88 Å². The minimum absolute atomic E-state index is 0.00460. The zero-order valence-electron chi connectivity index (χ0n) is 29.3. The van der Waals surface area contributed by atoms with E-state index in [1.54, 1.807) is 18.5 Å². The summed E-state index contributed by atoms with van der Waals surface area (Å²) in [6.07, 6.45) is 8.84. The second kappa shape index (κ2) is 15.1. The van der Waals surface area contributed by atoms with Crippen LogP contribution in [-0.2, 0) is 21.4 Å². The van der Waals surface area contributed by atoms with E-state index >= 15 is 0 Å². The summed E-state index contributed by atoms with van der Waals surface area (Å²) in [5.41, 5.74) is 7.65. The number of ether oxygens (including phenoxy) is 2. The van der Waals surface area contributed by atoms with Crippen LogP contribution in [0.3, 0.4) is 0 Å². The number of nitrogens with zero attached hydrogens (tertiary/aromatic N) is 10. The molecule has 15 nitrogen and oxygen atoms in total. The first-order chi connectivity index (χ1) is 24.1. The van der Waals surface area contributed by atoms with E-state index in [9.17, 15) is 10.1 Å². The summed E-state index contributed by atoms with van der Waals surface area (Å²) in [4.78, 5) is 32.3. The van der Waals surface area contributed by atoms with Crippen molar-refractivity contribution in [3.63, 3.8) is 0 Å². The van der Waals surface area contributed by atoms with Gasteiger partial charge in [-0.1, -0.05) is 29.3 Å². The lowest BCUT2D eigenvalue weighted by molar-refractivity contribution is -0.146. The normalized spacial score (nSPS) is 20.3. The average molecular weight is 704 g/mol. The smallest absolute Gasteiger partial charge is 0.330 e. The number of nitrogens with two attached hydrogens (primary N) is 1. The highest BCUT2D eigenvalue weighted by Gasteiger charge is 2.43. The molecule has 6 rings (SSSR count). The number of hydrogen-bond donors (Lipinski definition) is 1. The number of carbonyl (C=O) groups is 1. The average Bonchev–Trinajstić information content (AvgIpc) is 3.83. The van der Waals surface area contributed by atoms with Gasteiger partial charge in [-0.25, -0.2) is 19.4 Å². The third-order valence-corrected chi connectivity index (χ3v) is 10.8. The number of anilines is 2. The van der Waals surface area contributed by atoms with Gasteiger partial charge in [-0.05, 0) is 77.4 Å². The molecule has 16 heteroatoms. The van der Waals surface area contributed by atoms with Gasteiger partial charge in [-0.2, -0.15) is 10.2 Å². The van der Waals surface area contributed by atoms with Crippen molar-refractivity contribution in [2.45, 2.75) is 83.7 Å². The number of nitrogen functional groups attached to an aromatic ring is 1. The van der Waals surface area contributed by atoms with Crippen molar-refractivity contribution in [2.24, 2.45) is 5.92 Å². The molecule has 2 N–H and O–H groups in total. The lowest BCUT2D eigenvalue weighted by Crippen LogP contribution is -2.40. The molecule has 5 heterocycles. The van der Waals surface area contributed by atoms with Crippen LogP contribution in [0.5, 0.6) is 5.88 Å². The van der Waals surface area contributed by atoms with Crippen LogP contribution in [0.2, 0.25) is 0 Å². The molecule has 1 aliphatic carbocycles. The summed E-state index contributed by atoms with van der Waals surface area (Å²) >= 11 is 1.48. The van der Waals surface area contributed by atoms with Crippen molar-refractivity contribution in [1.82, 2.24) is 40.0 Å². The second-order valence-corrected chi connectivity index (χ2v) is 14.7. The Balaban J connectivity index is 1.03. The summed E-state index contributed by atoms with van der Waals surface area (Å²) in [5, 5.41) is 22.9. The molecule has 4 aromatic rings. The zero-order valence-corrected chi connectivity index (χ0v) is 30.1. The summed E-state index contributed by atoms with van der Waals surface area (Å²) in [6.45, 7) is 12.3. The van der Waals surface area contributed by atoms with Crippen molar-refractivity contribution in [3.8, 4) is 23.5 Å². The second-order valence-electron chi connectivity index (χ2n) is 13.6. The van der Waals surface area contributed by atoms with Crippen LogP contribution >= 0.6 is 11.3 Å². The summed E-state index contributed by atoms with van der Waals surface area (Å²) in [5.74, 6) is 1.56. The van der Waals surface area contributed by atoms with E-state index in [0.717, 1.165) is 75.1 Å². The van der Waals surface area contributed by atoms with Gasteiger partial charge >= 0.3 is 5.97 Å². The third-order valence-electron chi connectivity index (χ3n) is 9.67. The van der Waals surface area contributed by atoms with Gasteiger partial charge in [-0.15, -0.1) is 11.3 Å². The van der Waals surface area contributed by atoms with E-state index in [0.29, 0.717) is 46.4 Å². The van der Waals surface area contributed by atoms with E-state index in [-0.39, 0.29) is 17.9 Å². The largest absolute Gasteiger partial charge is 0.475 e. The van der Waals surface area contributed by atoms with Crippen molar-refractivity contribution < 1.29 is 18.8 Å². The number of unbranched alkanes of at least 4 members (excludes halogenated alkanes) is 1. The van der Waals surface area contributed by atoms with Crippen molar-refractivity contribution in [1.29, 1.82) is 5.26 Å². The van der Waals surface area contributed by atoms with Crippen molar-refractivity contribution in [2.75, 3.05) is 50.5 Å². The topological polar surface area (TPSA) is 187 Å². The molecular weight excluding hydrogens is 659 g/mol. The van der Waals surface area contributed by atoms with Crippen LogP contribution in [0.15, 0.2) is 23.0 Å². The van der Waals surface area contributed by atoms with Crippen LogP contribution in [0.4, 0.5) is 10.9 Å². The number of hydrogen-bond acceptors (Lipinski definition) is 15. The predicted molar refractivity (Wildman–Crippen MR) is 187 cm³/mol. The number of methoxy groups -OCH3 is 1. The quantitative estimate of drug-likeness (QED) is 0.161. The summed E-state index contributed by atoms with van der Waals surface area (Å²) in [7, 11) is 1.37. The molecular formula is C34H45N11O4S. The van der Waals surface area contributed by atoms with Crippen LogP contribution in [0.1, 0.15) is 87.7 Å². The molecule has 50 heavy (non-hydrogen) atoms. The molecule has 0 saturated carbocycles. The lowest BCUT2D eigenvalue weighted by Gasteiger charge is -2.30. The van der Waals surface area contributed by atoms with Gasteiger partial charge in [0.15, 0.2) is 6.04 Å². The Kier molecular flexibility index (Phi) is 10.6. The van der Waals surface area contributed by atoms with E-state index in [2.05, 4.69) is 50.2 Å². The maximum atomic E-state index is 12.2. The molecule has 0 radical (unpaired) electrons. The number of fused-ring (bicyclic) bond motifs is 1. The van der Waals surface area contributed by atoms with Gasteiger partial charge in [0.1, 0.15) is 16.8 Å². The molecule has 2 aliphatic rings. The van der Waals surface area contributed by atoms with Crippen molar-refractivity contribution in [3.05, 3.63) is 40.4 Å². The fraction of sp³-hybridized carbons (Fsp3) is 0.588. The SMILES string of the molecule is COC(=O)C(C(C)C)n1cc(OCCCCN2CCCN(c3nccc(-c4noc([C@@]5(C)CCCc6sc(N)c(C#N)c65)n4)n3)[C@@H](C)C2)nn1. The number of thiophene rings is 1. The minimum atomic E-state index is -0.592. The maximum Gasteiger partial charge on any atom is 0.330 e. The van der Waals surface area contributed by atoms with Crippen LogP contribution in [-0.4, -0.2) is 91.9 Å². The lowest BCUT2D eigenvalue weighted by atomic mass is 9.72. The molecule has 0 aromatic carbocycles. The van der Waals surface area contributed by atoms with Crippen molar-refractivity contribution >= 4 is 28.3 Å². The van der Waals surface area contributed by atoms with E-state index < -0.39 is 11.5 Å². The Morgan fingerprint density at radius 2 is 2.10 bits per heavy atom. The van der Waals surface area contributed by atoms with E-state index in [1.165, 1.54) is 23.1 Å². The molecule has 1 saturated heterocycles. The number of carbonyl (C=O) groups excluding carboxylic acids is 1. The number of aryl methyl sites for hydroxylation is 1. The molecule has 0 bridgehead atoms. The molecule has 0 amide bonds. The van der Waals surface area contributed by atoms with Crippen LogP contribution in [0, 0.1) is 17.2 Å². The highest BCUT2D eigenvalue weighted by molar-refractivity contribution is 7.16. The highest BCUT2D eigenvalue weighted by atomic mass is 32.1. The number of esters is 1. The first kappa shape index (κ1) is 35.2. The Hall–Kier alpha value is -4.62. The molecule has 1 aliphatic heterocycles. The summed E-state index contributed by atoms with van der Waals surface area (Å²) in [6, 6.07) is 3.75. The molecule has 1 fully saturated rings. The van der Waals surface area contributed by atoms with Gasteiger partial charge in [-0.3, -0.25) is 0 Å². The Labute approximate surface area is 295 Å². The number of nitriles is 1. The first-order valence-electron chi connectivity index (χ1n) is 17.2. The third kappa shape index (κ3) is 7.15. The molecule has 266 valence electrons. The van der Waals surface area contributed by atoms with Crippen LogP contribution in [0.25, 0.3) is 11.5 Å². The fourth-order valence-corrected chi connectivity index (χ4v) is 8.30. The Morgan fingerprint density at radius 3 is 2.88 bits per heavy atom. The Morgan fingerprint density at radius 1 is 1.26 bits per heavy atom. The number of rotatable bonds is 12. The van der Waals surface area contributed by atoms with Gasteiger partial charge in [0.2, 0.25) is 17.7 Å². The van der Waals surface area contributed by atoms with Gasteiger partial charge in [0.05, 0.1) is 30.9 Å². The van der Waals surface area contributed by atoms with Gasteiger partial charge < -0.3 is 29.5 Å².